The SMILES string of the molecule is CCOC(=O)/C1=C(\C(=O)OCC)C(=NC2CCCCC2)S/C(C(=O)OCC)=C(/C(=O)OCC)C(=NC2CCCCC2)S1. The Morgan fingerprint density at radius 2 is 0.857 bits per heavy atom. The molecule has 0 aromatic rings. The summed E-state index contributed by atoms with van der Waals surface area (Å²) < 4.78 is 21.6. The van der Waals surface area contributed by atoms with Gasteiger partial charge in [-0.25, -0.2) is 19.2 Å². The van der Waals surface area contributed by atoms with Gasteiger partial charge in [-0.2, -0.15) is 0 Å². The number of hydrogen-bond donors (Lipinski definition) is 0. The number of carbonyl (C=O) groups excluding carboxylic acids is 4. The quantitative estimate of drug-likeness (QED) is 0.221. The summed E-state index contributed by atoms with van der Waals surface area (Å²) in [5.74, 6) is -3.06. The smallest absolute Gasteiger partial charge is 0.346 e. The molecular formula is C30H42N2O8S2. The van der Waals surface area contributed by atoms with Gasteiger partial charge in [-0.05, 0) is 53.4 Å². The zero-order valence-electron chi connectivity index (χ0n) is 25.0. The van der Waals surface area contributed by atoms with E-state index in [0.29, 0.717) is 0 Å². The Kier molecular flexibility index (Phi) is 14.1. The molecular weight excluding hydrogens is 580 g/mol. The Labute approximate surface area is 256 Å². The largest absolute Gasteiger partial charge is 0.462 e. The van der Waals surface area contributed by atoms with Crippen LogP contribution in [-0.4, -0.2) is 72.5 Å². The summed E-state index contributed by atoms with van der Waals surface area (Å²) in [6, 6.07) is -0.271. The second kappa shape index (κ2) is 17.5. The van der Waals surface area contributed by atoms with Crippen molar-refractivity contribution in [2.75, 3.05) is 26.4 Å². The van der Waals surface area contributed by atoms with Crippen molar-refractivity contribution in [2.45, 2.75) is 104 Å². The molecule has 0 unspecified atom stereocenters. The molecule has 2 saturated carbocycles. The number of esters is 4. The predicted molar refractivity (Wildman–Crippen MR) is 164 cm³/mol. The first-order chi connectivity index (χ1) is 20.3. The van der Waals surface area contributed by atoms with E-state index in [2.05, 4.69) is 0 Å². The molecule has 1 aliphatic heterocycles. The summed E-state index contributed by atoms with van der Waals surface area (Å²) in [4.78, 5) is 63.9. The third-order valence-corrected chi connectivity index (χ3v) is 9.06. The molecule has 12 heteroatoms. The van der Waals surface area contributed by atoms with Crippen LogP contribution in [-0.2, 0) is 38.1 Å². The van der Waals surface area contributed by atoms with E-state index < -0.39 is 23.9 Å². The van der Waals surface area contributed by atoms with Gasteiger partial charge in [0.15, 0.2) is 0 Å². The first-order valence-corrected chi connectivity index (χ1v) is 16.7. The lowest BCUT2D eigenvalue weighted by Crippen LogP contribution is -2.28. The Morgan fingerprint density at radius 1 is 0.548 bits per heavy atom. The van der Waals surface area contributed by atoms with Crippen LogP contribution in [0.2, 0.25) is 0 Å². The van der Waals surface area contributed by atoms with Crippen molar-refractivity contribution >= 4 is 57.5 Å². The maximum atomic E-state index is 13.6. The van der Waals surface area contributed by atoms with E-state index in [1.807, 2.05) is 0 Å². The molecule has 3 aliphatic rings. The van der Waals surface area contributed by atoms with Crippen molar-refractivity contribution in [3.8, 4) is 0 Å². The van der Waals surface area contributed by atoms with Gasteiger partial charge in [0.05, 0.1) is 38.5 Å². The molecule has 0 amide bonds. The monoisotopic (exact) mass is 622 g/mol. The third kappa shape index (κ3) is 9.20. The summed E-state index contributed by atoms with van der Waals surface area (Å²) in [5, 5.41) is 0.218. The average molecular weight is 623 g/mol. The van der Waals surface area contributed by atoms with Crippen LogP contribution in [0.25, 0.3) is 0 Å². The topological polar surface area (TPSA) is 130 Å². The van der Waals surface area contributed by atoms with Crippen LogP contribution in [0.5, 0.6) is 0 Å². The highest BCUT2D eigenvalue weighted by atomic mass is 32.2. The van der Waals surface area contributed by atoms with Gasteiger partial charge in [0, 0.05) is 0 Å². The molecule has 10 nitrogen and oxygen atoms in total. The molecule has 2 aliphatic carbocycles. The van der Waals surface area contributed by atoms with E-state index in [-0.39, 0.29) is 69.6 Å². The molecule has 3 rings (SSSR count). The highest BCUT2D eigenvalue weighted by Gasteiger charge is 2.39. The maximum Gasteiger partial charge on any atom is 0.346 e. The molecule has 0 N–H and O–H groups in total. The summed E-state index contributed by atoms with van der Waals surface area (Å²) >= 11 is 1.66. The van der Waals surface area contributed by atoms with Crippen molar-refractivity contribution in [1.29, 1.82) is 0 Å². The lowest BCUT2D eigenvalue weighted by molar-refractivity contribution is -0.140. The molecule has 42 heavy (non-hydrogen) atoms. The molecule has 0 bridgehead atoms. The fourth-order valence-corrected chi connectivity index (χ4v) is 7.32. The van der Waals surface area contributed by atoms with E-state index in [9.17, 15) is 19.2 Å². The van der Waals surface area contributed by atoms with Crippen LogP contribution in [0.15, 0.2) is 30.9 Å². The number of thioether (sulfide) groups is 2. The van der Waals surface area contributed by atoms with E-state index in [4.69, 9.17) is 28.9 Å². The minimum Gasteiger partial charge on any atom is -0.462 e. The summed E-state index contributed by atoms with van der Waals surface area (Å²) in [6.07, 6.45) is 9.21. The minimum atomic E-state index is -0.769. The molecule has 1 heterocycles. The molecule has 0 saturated heterocycles. The number of aliphatic imine (C=N–C) groups is 2. The molecule has 0 atom stereocenters. The Bertz CT molecular complexity index is 1040. The van der Waals surface area contributed by atoms with Gasteiger partial charge in [0.2, 0.25) is 0 Å². The first-order valence-electron chi connectivity index (χ1n) is 15.0. The third-order valence-electron chi connectivity index (χ3n) is 6.91. The van der Waals surface area contributed by atoms with Crippen molar-refractivity contribution in [1.82, 2.24) is 0 Å². The fraction of sp³-hybridized carbons (Fsp3) is 0.667. The first kappa shape index (κ1) is 33.9. The Hall–Kier alpha value is -2.60. The highest BCUT2D eigenvalue weighted by Crippen LogP contribution is 2.40. The van der Waals surface area contributed by atoms with Crippen molar-refractivity contribution in [3.05, 3.63) is 21.0 Å². The number of ether oxygens (including phenoxy) is 4. The summed E-state index contributed by atoms with van der Waals surface area (Å²) in [7, 11) is 0. The fourth-order valence-electron chi connectivity index (χ4n) is 4.97. The van der Waals surface area contributed by atoms with Gasteiger partial charge in [0.25, 0.3) is 0 Å². The van der Waals surface area contributed by atoms with Crippen molar-refractivity contribution in [3.63, 3.8) is 0 Å². The lowest BCUT2D eigenvalue weighted by Gasteiger charge is -2.25. The zero-order chi connectivity index (χ0) is 30.5. The van der Waals surface area contributed by atoms with Crippen molar-refractivity contribution < 1.29 is 38.1 Å². The minimum absolute atomic E-state index is 0.0577. The molecule has 0 radical (unpaired) electrons. The van der Waals surface area contributed by atoms with E-state index in [1.165, 1.54) is 0 Å². The van der Waals surface area contributed by atoms with Gasteiger partial charge in [-0.1, -0.05) is 62.0 Å². The number of hydrogen-bond acceptors (Lipinski definition) is 12. The van der Waals surface area contributed by atoms with Gasteiger partial charge in [-0.15, -0.1) is 0 Å². The number of carbonyl (C=O) groups is 4. The Morgan fingerprint density at radius 3 is 1.17 bits per heavy atom. The molecule has 0 spiro atoms. The van der Waals surface area contributed by atoms with Crippen LogP contribution in [0.1, 0.15) is 91.9 Å². The summed E-state index contributed by atoms with van der Waals surface area (Å²) in [5.41, 5.74) is -0.200. The molecule has 2 fully saturated rings. The van der Waals surface area contributed by atoms with Crippen molar-refractivity contribution in [2.24, 2.45) is 9.98 Å². The molecule has 232 valence electrons. The zero-order valence-corrected chi connectivity index (χ0v) is 26.7. The van der Waals surface area contributed by atoms with Crippen LogP contribution >= 0.6 is 23.5 Å². The van der Waals surface area contributed by atoms with Crippen LogP contribution in [0, 0.1) is 0 Å². The molecule has 0 aromatic carbocycles. The standard InChI is InChI=1S/C30H42N2O8S2/c1-5-37-27(33)21-23(29(35)39-7-3)41-26(32-20-17-13-10-14-18-20)22(28(34)38-6-2)24(30(36)40-8-4)42-25(21)31-19-15-11-9-12-16-19/h19-20H,5-18H2,1-4H3/b23-21+,24-22+,31-25?,32-26?. The van der Waals surface area contributed by atoms with Gasteiger partial charge in [0.1, 0.15) is 31.0 Å². The maximum absolute atomic E-state index is 13.6. The van der Waals surface area contributed by atoms with Crippen LogP contribution < -0.4 is 0 Å². The number of nitrogens with zero attached hydrogens (tertiary/aromatic N) is 2. The second-order valence-electron chi connectivity index (χ2n) is 9.95. The van der Waals surface area contributed by atoms with E-state index in [1.54, 1.807) is 27.7 Å². The summed E-state index contributed by atoms with van der Waals surface area (Å²) in [6.45, 7) is 6.91. The van der Waals surface area contributed by atoms with Crippen LogP contribution in [0.4, 0.5) is 0 Å². The molecule has 0 aromatic heterocycles. The Balaban J connectivity index is 2.37. The highest BCUT2D eigenvalue weighted by molar-refractivity contribution is 8.21. The normalized spacial score (nSPS) is 24.6. The van der Waals surface area contributed by atoms with E-state index in [0.717, 1.165) is 87.7 Å². The van der Waals surface area contributed by atoms with Gasteiger partial charge >= 0.3 is 23.9 Å². The van der Waals surface area contributed by atoms with Gasteiger partial charge < -0.3 is 18.9 Å². The second-order valence-corrected chi connectivity index (χ2v) is 11.9. The lowest BCUT2D eigenvalue weighted by atomic mass is 9.96. The van der Waals surface area contributed by atoms with Gasteiger partial charge in [-0.3, -0.25) is 9.98 Å². The van der Waals surface area contributed by atoms with Crippen LogP contribution in [0.3, 0.4) is 0 Å². The average Bonchev–Trinajstić information content (AvgIpc) is 2.97. The number of rotatable bonds is 10. The van der Waals surface area contributed by atoms with E-state index >= 15 is 0 Å². The predicted octanol–water partition coefficient (Wildman–Crippen LogP) is 5.69.